The molecule has 9 heteroatoms. The zero-order valence-electron chi connectivity index (χ0n) is 20.5. The van der Waals surface area contributed by atoms with E-state index in [4.69, 9.17) is 4.74 Å². The number of para-hydroxylation sites is 1. The van der Waals surface area contributed by atoms with Crippen LogP contribution in [0.4, 0.5) is 0 Å². The lowest BCUT2D eigenvalue weighted by molar-refractivity contribution is -0.123. The summed E-state index contributed by atoms with van der Waals surface area (Å²) in [5.74, 6) is 0.361. The van der Waals surface area contributed by atoms with E-state index >= 15 is 0 Å². The van der Waals surface area contributed by atoms with Crippen molar-refractivity contribution in [2.24, 2.45) is 0 Å². The van der Waals surface area contributed by atoms with Crippen LogP contribution in [-0.2, 0) is 17.8 Å². The number of nitrogens with one attached hydrogen (secondary N) is 1. The highest BCUT2D eigenvalue weighted by molar-refractivity contribution is 7.97. The minimum Gasteiger partial charge on any atom is -0.483 e. The van der Waals surface area contributed by atoms with Gasteiger partial charge in [-0.25, -0.2) is 4.31 Å². The van der Waals surface area contributed by atoms with Gasteiger partial charge in [0.05, 0.1) is 17.1 Å². The number of aliphatic hydroxyl groups excluding tert-OH is 2. The first-order valence-corrected chi connectivity index (χ1v) is 12.9. The highest BCUT2D eigenvalue weighted by atomic mass is 32.2. The quantitative estimate of drug-likeness (QED) is 0.420. The highest BCUT2D eigenvalue weighted by Crippen LogP contribution is 2.34. The minimum atomic E-state index is -0.640. The van der Waals surface area contributed by atoms with Gasteiger partial charge in [-0.05, 0) is 55.7 Å². The first-order chi connectivity index (χ1) is 16.9. The van der Waals surface area contributed by atoms with Gasteiger partial charge in [-0.1, -0.05) is 36.4 Å². The van der Waals surface area contributed by atoms with Crippen molar-refractivity contribution < 1.29 is 19.7 Å². The van der Waals surface area contributed by atoms with E-state index in [2.05, 4.69) is 32.7 Å². The largest absolute Gasteiger partial charge is 0.483 e. The van der Waals surface area contributed by atoms with Crippen LogP contribution in [0.15, 0.2) is 53.4 Å². The van der Waals surface area contributed by atoms with Gasteiger partial charge in [-0.2, -0.15) is 0 Å². The fraction of sp³-hybridized carbons (Fsp3) is 0.500. The standard InChI is InChI=1S/C26H36N4O4S/c1-28(2)22-16-30(17-23(22)32)35-25-10-6-5-9-24(25)34-18-26(33)27-13-21(31)15-29-12-11-19-7-3-4-8-20(19)14-29/h3-10,21-23,31-32H,11-18H2,1-2H3,(H,27,33). The Bertz CT molecular complexity index is 991. The average molecular weight is 501 g/mol. The molecule has 2 aliphatic rings. The molecule has 3 atom stereocenters. The summed E-state index contributed by atoms with van der Waals surface area (Å²) in [6, 6.07) is 16.1. The van der Waals surface area contributed by atoms with Gasteiger partial charge in [-0.3, -0.25) is 9.69 Å². The third-order valence-electron chi connectivity index (χ3n) is 6.54. The van der Waals surface area contributed by atoms with E-state index in [0.717, 1.165) is 31.0 Å². The number of amides is 1. The predicted molar refractivity (Wildman–Crippen MR) is 137 cm³/mol. The molecule has 1 fully saturated rings. The van der Waals surface area contributed by atoms with E-state index in [-0.39, 0.29) is 25.1 Å². The maximum Gasteiger partial charge on any atom is 0.258 e. The number of ether oxygens (including phenoxy) is 1. The zero-order valence-corrected chi connectivity index (χ0v) is 21.3. The number of aliphatic hydroxyl groups is 2. The van der Waals surface area contributed by atoms with E-state index in [0.29, 0.717) is 18.8 Å². The van der Waals surface area contributed by atoms with Gasteiger partial charge in [0.1, 0.15) is 5.75 Å². The number of carbonyl (C=O) groups excluding carboxylic acids is 1. The predicted octanol–water partition coefficient (Wildman–Crippen LogP) is 1.21. The Kier molecular flexibility index (Phi) is 9.04. The minimum absolute atomic E-state index is 0.0902. The second kappa shape index (κ2) is 12.2. The lowest BCUT2D eigenvalue weighted by atomic mass is 10.00. The monoisotopic (exact) mass is 500 g/mol. The van der Waals surface area contributed by atoms with Crippen LogP contribution in [0.5, 0.6) is 5.75 Å². The maximum atomic E-state index is 12.4. The van der Waals surface area contributed by atoms with Crippen LogP contribution >= 0.6 is 11.9 Å². The molecule has 3 N–H and O–H groups in total. The van der Waals surface area contributed by atoms with Gasteiger partial charge >= 0.3 is 0 Å². The van der Waals surface area contributed by atoms with Crippen LogP contribution in [0.2, 0.25) is 0 Å². The lowest BCUT2D eigenvalue weighted by Crippen LogP contribution is -2.42. The van der Waals surface area contributed by atoms with Crippen molar-refractivity contribution in [3.05, 3.63) is 59.7 Å². The molecule has 35 heavy (non-hydrogen) atoms. The molecule has 190 valence electrons. The molecule has 0 saturated carbocycles. The van der Waals surface area contributed by atoms with Gasteiger partial charge in [0.2, 0.25) is 0 Å². The molecule has 0 aromatic heterocycles. The normalized spacial score (nSPS) is 21.6. The van der Waals surface area contributed by atoms with Crippen molar-refractivity contribution in [1.82, 2.24) is 19.4 Å². The summed E-state index contributed by atoms with van der Waals surface area (Å²) in [5.41, 5.74) is 2.68. The summed E-state index contributed by atoms with van der Waals surface area (Å²) >= 11 is 1.53. The summed E-state index contributed by atoms with van der Waals surface area (Å²) in [4.78, 5) is 17.5. The Morgan fingerprint density at radius 3 is 2.69 bits per heavy atom. The third-order valence-corrected chi connectivity index (χ3v) is 7.63. The third kappa shape index (κ3) is 7.19. The lowest BCUT2D eigenvalue weighted by Gasteiger charge is -2.30. The highest BCUT2D eigenvalue weighted by Gasteiger charge is 2.33. The van der Waals surface area contributed by atoms with E-state index in [1.54, 1.807) is 0 Å². The number of fused-ring (bicyclic) bond motifs is 1. The summed E-state index contributed by atoms with van der Waals surface area (Å²) in [7, 11) is 3.94. The number of β-amino-alcohol motifs (C(OH)–C–C–N with tert-alkyl or cyclic N) is 2. The molecule has 3 unspecified atom stereocenters. The van der Waals surface area contributed by atoms with E-state index < -0.39 is 12.2 Å². The molecule has 0 aliphatic carbocycles. The van der Waals surface area contributed by atoms with E-state index in [1.165, 1.54) is 23.1 Å². The second-order valence-corrected chi connectivity index (χ2v) is 10.6. The van der Waals surface area contributed by atoms with E-state index in [9.17, 15) is 15.0 Å². The summed E-state index contributed by atoms with van der Waals surface area (Å²) in [6.45, 7) is 3.63. The molecule has 2 aromatic carbocycles. The average Bonchev–Trinajstić information content (AvgIpc) is 3.22. The van der Waals surface area contributed by atoms with Gasteiger partial charge in [0, 0.05) is 45.3 Å². The molecule has 1 amide bonds. The number of hydrogen-bond donors (Lipinski definition) is 3. The molecule has 4 rings (SSSR count). The topological polar surface area (TPSA) is 88.5 Å². The number of benzene rings is 2. The van der Waals surface area contributed by atoms with Crippen LogP contribution in [0.3, 0.4) is 0 Å². The molecular formula is C26H36N4O4S. The van der Waals surface area contributed by atoms with Crippen molar-refractivity contribution >= 4 is 17.9 Å². The van der Waals surface area contributed by atoms with Crippen molar-refractivity contribution in [2.45, 2.75) is 36.1 Å². The summed E-state index contributed by atoms with van der Waals surface area (Å²) in [5, 5.41) is 23.5. The van der Waals surface area contributed by atoms with Gasteiger partial charge in [-0.15, -0.1) is 0 Å². The number of likely N-dealkylation sites (N-methyl/N-ethyl adjacent to an activating group) is 1. The van der Waals surface area contributed by atoms with Crippen LogP contribution in [0.25, 0.3) is 0 Å². The van der Waals surface area contributed by atoms with E-state index in [1.807, 2.05) is 49.3 Å². The molecule has 8 nitrogen and oxygen atoms in total. The van der Waals surface area contributed by atoms with Crippen LogP contribution in [0, 0.1) is 0 Å². The number of hydrogen-bond acceptors (Lipinski definition) is 8. The van der Waals surface area contributed by atoms with Crippen LogP contribution in [0.1, 0.15) is 11.1 Å². The van der Waals surface area contributed by atoms with Crippen molar-refractivity contribution in [1.29, 1.82) is 0 Å². The van der Waals surface area contributed by atoms with Gasteiger partial charge in [0.25, 0.3) is 5.91 Å². The molecule has 2 aliphatic heterocycles. The number of rotatable bonds is 10. The van der Waals surface area contributed by atoms with Crippen LogP contribution in [-0.4, -0.2) is 102 Å². The molecule has 2 aromatic rings. The molecule has 1 saturated heterocycles. The van der Waals surface area contributed by atoms with Crippen molar-refractivity contribution in [3.8, 4) is 5.75 Å². The first kappa shape index (κ1) is 25.9. The van der Waals surface area contributed by atoms with Crippen molar-refractivity contribution in [3.63, 3.8) is 0 Å². The Morgan fingerprint density at radius 2 is 1.91 bits per heavy atom. The number of nitrogens with zero attached hydrogens (tertiary/aromatic N) is 3. The Balaban J connectivity index is 1.20. The fourth-order valence-electron chi connectivity index (χ4n) is 4.60. The Hall–Kier alpha value is -2.14. The maximum absolute atomic E-state index is 12.4. The van der Waals surface area contributed by atoms with Crippen molar-refractivity contribution in [2.75, 3.05) is 53.4 Å². The zero-order chi connectivity index (χ0) is 24.8. The van der Waals surface area contributed by atoms with Gasteiger partial charge < -0.3 is 25.2 Å². The molecule has 0 spiro atoms. The Morgan fingerprint density at radius 1 is 1.17 bits per heavy atom. The smallest absolute Gasteiger partial charge is 0.258 e. The number of carbonyl (C=O) groups is 1. The van der Waals surface area contributed by atoms with Gasteiger partial charge in [0.15, 0.2) is 6.61 Å². The SMILES string of the molecule is CN(C)C1CN(Sc2ccccc2OCC(=O)NCC(O)CN2CCc3ccccc3C2)CC1O. The first-order valence-electron chi connectivity index (χ1n) is 12.1. The second-order valence-electron chi connectivity index (χ2n) is 9.48. The molecule has 0 bridgehead atoms. The van der Waals surface area contributed by atoms with Crippen LogP contribution < -0.4 is 10.1 Å². The fourth-order valence-corrected chi connectivity index (χ4v) is 5.69. The molecular weight excluding hydrogens is 464 g/mol. The summed E-state index contributed by atoms with van der Waals surface area (Å²) < 4.78 is 7.93. The summed E-state index contributed by atoms with van der Waals surface area (Å²) in [6.07, 6.45) is -0.0621. The Labute approximate surface area is 212 Å². The molecule has 0 radical (unpaired) electrons. The molecule has 2 heterocycles.